The predicted octanol–water partition coefficient (Wildman–Crippen LogP) is 0.708. The SMILES string of the molecule is O=C1CCC(C(=O)NCC2Cc3ccccc32)=NN1. The molecule has 2 N–H and O–H groups in total. The summed E-state index contributed by atoms with van der Waals surface area (Å²) in [5.41, 5.74) is 5.43. The van der Waals surface area contributed by atoms with Crippen molar-refractivity contribution >= 4 is 17.5 Å². The van der Waals surface area contributed by atoms with E-state index in [9.17, 15) is 9.59 Å². The average molecular weight is 257 g/mol. The third kappa shape index (κ3) is 2.36. The van der Waals surface area contributed by atoms with E-state index < -0.39 is 0 Å². The molecule has 0 spiro atoms. The number of hydrazone groups is 1. The summed E-state index contributed by atoms with van der Waals surface area (Å²) in [5, 5.41) is 6.67. The highest BCUT2D eigenvalue weighted by molar-refractivity contribution is 6.39. The lowest BCUT2D eigenvalue weighted by Gasteiger charge is -2.30. The van der Waals surface area contributed by atoms with E-state index in [2.05, 4.69) is 28.0 Å². The standard InChI is InChI=1S/C14H15N3O2/c18-13-6-5-12(16-17-13)14(19)15-8-10-7-9-3-1-2-4-11(9)10/h1-4,10H,5-8H2,(H,15,19)(H,17,18). The number of fused-ring (bicyclic) bond motifs is 1. The molecule has 98 valence electrons. The van der Waals surface area contributed by atoms with E-state index in [0.717, 1.165) is 6.42 Å². The zero-order chi connectivity index (χ0) is 13.2. The van der Waals surface area contributed by atoms with Gasteiger partial charge < -0.3 is 5.32 Å². The van der Waals surface area contributed by atoms with Crippen LogP contribution < -0.4 is 10.7 Å². The van der Waals surface area contributed by atoms with Crippen LogP contribution in [0.3, 0.4) is 0 Å². The molecule has 0 saturated heterocycles. The zero-order valence-electron chi connectivity index (χ0n) is 10.5. The van der Waals surface area contributed by atoms with Gasteiger partial charge in [-0.15, -0.1) is 0 Å². The number of amides is 2. The van der Waals surface area contributed by atoms with Gasteiger partial charge in [0, 0.05) is 25.3 Å². The first kappa shape index (κ1) is 11.9. The van der Waals surface area contributed by atoms with Crippen LogP contribution in [0.15, 0.2) is 29.4 Å². The van der Waals surface area contributed by atoms with Crippen molar-refractivity contribution in [1.82, 2.24) is 10.7 Å². The molecular weight excluding hydrogens is 242 g/mol. The second-order valence-electron chi connectivity index (χ2n) is 4.90. The zero-order valence-corrected chi connectivity index (χ0v) is 10.5. The van der Waals surface area contributed by atoms with Crippen molar-refractivity contribution in [3.05, 3.63) is 35.4 Å². The fourth-order valence-electron chi connectivity index (χ4n) is 2.50. The van der Waals surface area contributed by atoms with Gasteiger partial charge in [0.1, 0.15) is 5.71 Å². The summed E-state index contributed by atoms with van der Waals surface area (Å²) < 4.78 is 0. The molecule has 0 saturated carbocycles. The summed E-state index contributed by atoms with van der Waals surface area (Å²) in [6.45, 7) is 0.628. The highest BCUT2D eigenvalue weighted by Crippen LogP contribution is 2.33. The molecule has 5 heteroatoms. The second kappa shape index (κ2) is 4.84. The van der Waals surface area contributed by atoms with Gasteiger partial charge in [-0.25, -0.2) is 5.43 Å². The minimum absolute atomic E-state index is 0.135. The third-order valence-electron chi connectivity index (χ3n) is 3.64. The molecule has 2 aliphatic rings. The van der Waals surface area contributed by atoms with Gasteiger partial charge in [0.2, 0.25) is 5.91 Å². The Morgan fingerprint density at radius 1 is 1.37 bits per heavy atom. The quantitative estimate of drug-likeness (QED) is 0.837. The topological polar surface area (TPSA) is 70.6 Å². The summed E-state index contributed by atoms with van der Waals surface area (Å²) in [4.78, 5) is 22.8. The molecule has 3 rings (SSSR count). The molecule has 0 fully saturated rings. The molecule has 1 atom stereocenters. The Labute approximate surface area is 111 Å². The molecule has 1 aliphatic heterocycles. The molecule has 1 aromatic carbocycles. The molecule has 5 nitrogen and oxygen atoms in total. The van der Waals surface area contributed by atoms with E-state index >= 15 is 0 Å². The van der Waals surface area contributed by atoms with Crippen LogP contribution >= 0.6 is 0 Å². The lowest BCUT2D eigenvalue weighted by Crippen LogP contribution is -2.40. The molecule has 1 unspecified atom stereocenters. The van der Waals surface area contributed by atoms with Crippen molar-refractivity contribution in [2.45, 2.75) is 25.2 Å². The fraction of sp³-hybridized carbons (Fsp3) is 0.357. The number of benzene rings is 1. The van der Waals surface area contributed by atoms with Gasteiger partial charge in [-0.2, -0.15) is 5.10 Å². The maximum atomic E-state index is 11.9. The normalized spacial score (nSPS) is 20.7. The smallest absolute Gasteiger partial charge is 0.267 e. The van der Waals surface area contributed by atoms with Crippen molar-refractivity contribution in [1.29, 1.82) is 0 Å². The fourth-order valence-corrected chi connectivity index (χ4v) is 2.50. The first-order valence-electron chi connectivity index (χ1n) is 6.45. The number of nitrogens with zero attached hydrogens (tertiary/aromatic N) is 1. The summed E-state index contributed by atoms with van der Waals surface area (Å²) in [5.74, 6) is 0.0905. The third-order valence-corrected chi connectivity index (χ3v) is 3.64. The molecule has 1 aliphatic carbocycles. The number of rotatable bonds is 3. The summed E-state index contributed by atoms with van der Waals surface area (Å²) in [6, 6.07) is 8.28. The minimum atomic E-state index is -0.176. The van der Waals surface area contributed by atoms with Crippen LogP contribution in [0.4, 0.5) is 0 Å². The highest BCUT2D eigenvalue weighted by Gasteiger charge is 2.26. The largest absolute Gasteiger partial charge is 0.350 e. The summed E-state index contributed by atoms with van der Waals surface area (Å²) >= 11 is 0. The van der Waals surface area contributed by atoms with Crippen LogP contribution in [0.5, 0.6) is 0 Å². The Balaban J connectivity index is 1.54. The lowest BCUT2D eigenvalue weighted by molar-refractivity contribution is -0.121. The molecule has 1 aromatic rings. The Kier molecular flexibility index (Phi) is 3.03. The molecule has 0 bridgehead atoms. The van der Waals surface area contributed by atoms with Crippen LogP contribution in [-0.4, -0.2) is 24.1 Å². The van der Waals surface area contributed by atoms with Crippen molar-refractivity contribution in [2.75, 3.05) is 6.54 Å². The van der Waals surface area contributed by atoms with E-state index in [0.29, 0.717) is 31.0 Å². The van der Waals surface area contributed by atoms with E-state index in [1.165, 1.54) is 11.1 Å². The Hall–Kier alpha value is -2.17. The molecule has 2 amide bonds. The Bertz CT molecular complexity index is 566. The van der Waals surface area contributed by atoms with Crippen LogP contribution in [-0.2, 0) is 16.0 Å². The van der Waals surface area contributed by atoms with Gasteiger partial charge in [-0.3, -0.25) is 9.59 Å². The molecule has 0 radical (unpaired) electrons. The second-order valence-corrected chi connectivity index (χ2v) is 4.90. The van der Waals surface area contributed by atoms with Gasteiger partial charge in [-0.1, -0.05) is 24.3 Å². The summed E-state index contributed by atoms with van der Waals surface area (Å²) in [6.07, 6.45) is 1.76. The van der Waals surface area contributed by atoms with E-state index in [-0.39, 0.29) is 11.8 Å². The Morgan fingerprint density at radius 3 is 2.95 bits per heavy atom. The number of hydrogen-bond donors (Lipinski definition) is 2. The first-order chi connectivity index (χ1) is 9.24. The Morgan fingerprint density at radius 2 is 2.21 bits per heavy atom. The predicted molar refractivity (Wildman–Crippen MR) is 70.7 cm³/mol. The molecular formula is C14H15N3O2. The van der Waals surface area contributed by atoms with Gasteiger partial charge in [-0.05, 0) is 17.5 Å². The van der Waals surface area contributed by atoms with Gasteiger partial charge in [0.05, 0.1) is 0 Å². The van der Waals surface area contributed by atoms with Crippen molar-refractivity contribution < 1.29 is 9.59 Å². The maximum absolute atomic E-state index is 11.9. The number of hydrogen-bond acceptors (Lipinski definition) is 3. The van der Waals surface area contributed by atoms with Crippen molar-refractivity contribution in [3.63, 3.8) is 0 Å². The van der Waals surface area contributed by atoms with Crippen molar-refractivity contribution in [3.8, 4) is 0 Å². The van der Waals surface area contributed by atoms with Crippen LogP contribution in [0, 0.1) is 0 Å². The first-order valence-corrected chi connectivity index (χ1v) is 6.45. The average Bonchev–Trinajstić information content (AvgIpc) is 2.40. The van der Waals surface area contributed by atoms with Crippen LogP contribution in [0.2, 0.25) is 0 Å². The van der Waals surface area contributed by atoms with E-state index in [1.807, 2.05) is 12.1 Å². The maximum Gasteiger partial charge on any atom is 0.267 e. The highest BCUT2D eigenvalue weighted by atomic mass is 16.2. The van der Waals surface area contributed by atoms with E-state index in [4.69, 9.17) is 0 Å². The molecule has 0 aromatic heterocycles. The number of carbonyl (C=O) groups excluding carboxylic acids is 2. The van der Waals surface area contributed by atoms with Gasteiger partial charge in [0.25, 0.3) is 5.91 Å². The van der Waals surface area contributed by atoms with Gasteiger partial charge in [0.15, 0.2) is 0 Å². The monoisotopic (exact) mass is 257 g/mol. The van der Waals surface area contributed by atoms with Crippen LogP contribution in [0.25, 0.3) is 0 Å². The van der Waals surface area contributed by atoms with Gasteiger partial charge >= 0.3 is 0 Å². The lowest BCUT2D eigenvalue weighted by atomic mass is 9.77. The van der Waals surface area contributed by atoms with E-state index in [1.54, 1.807) is 0 Å². The van der Waals surface area contributed by atoms with Crippen molar-refractivity contribution in [2.24, 2.45) is 5.10 Å². The number of carbonyl (C=O) groups is 2. The molecule has 1 heterocycles. The van der Waals surface area contributed by atoms with Crippen LogP contribution in [0.1, 0.15) is 29.9 Å². The molecule has 19 heavy (non-hydrogen) atoms. The number of nitrogens with one attached hydrogen (secondary N) is 2. The summed E-state index contributed by atoms with van der Waals surface area (Å²) in [7, 11) is 0. The minimum Gasteiger partial charge on any atom is -0.350 e.